The van der Waals surface area contributed by atoms with Crippen molar-refractivity contribution in [2.45, 2.75) is 20.0 Å². The summed E-state index contributed by atoms with van der Waals surface area (Å²) in [6.07, 6.45) is -0.926. The summed E-state index contributed by atoms with van der Waals surface area (Å²) >= 11 is 2.20. The van der Waals surface area contributed by atoms with Gasteiger partial charge in [0.25, 0.3) is 5.91 Å². The molecule has 0 radical (unpaired) electrons. The Labute approximate surface area is 166 Å². The van der Waals surface area contributed by atoms with Crippen molar-refractivity contribution >= 4 is 49.9 Å². The number of benzene rings is 2. The fourth-order valence-electron chi connectivity index (χ4n) is 2.74. The molecule has 0 unspecified atom stereocenters. The lowest BCUT2D eigenvalue weighted by Gasteiger charge is -2.34. The van der Waals surface area contributed by atoms with Gasteiger partial charge in [-0.15, -0.1) is 0 Å². The molecular formula is C18H19IN2O4S. The number of sulfonamides is 1. The fourth-order valence-corrected chi connectivity index (χ4v) is 4.51. The van der Waals surface area contributed by atoms with Gasteiger partial charge < -0.3 is 10.1 Å². The number of hydrogen-bond donors (Lipinski definition) is 1. The number of aryl methyl sites for hydroxylation is 1. The molecule has 1 aliphatic rings. The smallest absolute Gasteiger partial charge is 0.267 e. The van der Waals surface area contributed by atoms with E-state index in [0.29, 0.717) is 17.1 Å². The molecule has 0 aliphatic carbocycles. The van der Waals surface area contributed by atoms with E-state index in [0.717, 1.165) is 9.13 Å². The van der Waals surface area contributed by atoms with Gasteiger partial charge in [0.05, 0.1) is 18.0 Å². The van der Waals surface area contributed by atoms with Crippen molar-refractivity contribution in [1.82, 2.24) is 0 Å². The fraction of sp³-hybridized carbons (Fsp3) is 0.278. The third-order valence-corrected chi connectivity index (χ3v) is 6.59. The summed E-state index contributed by atoms with van der Waals surface area (Å²) in [5.41, 5.74) is 2.08. The van der Waals surface area contributed by atoms with Crippen LogP contribution in [-0.2, 0) is 14.8 Å². The van der Waals surface area contributed by atoms with Gasteiger partial charge in [0.1, 0.15) is 5.75 Å². The molecule has 0 fully saturated rings. The Balaban J connectivity index is 1.88. The molecule has 2 aromatic rings. The van der Waals surface area contributed by atoms with Crippen LogP contribution in [0.2, 0.25) is 0 Å². The first-order valence-electron chi connectivity index (χ1n) is 8.15. The summed E-state index contributed by atoms with van der Waals surface area (Å²) in [6, 6.07) is 12.5. The predicted octanol–water partition coefficient (Wildman–Crippen LogP) is 3.16. The summed E-state index contributed by atoms with van der Waals surface area (Å²) in [6.45, 7) is 3.43. The second-order valence-electron chi connectivity index (χ2n) is 5.95. The second-order valence-corrected chi connectivity index (χ2v) is 9.38. The SMILES string of the molecule is CCS(=O)(=O)N1C[C@@H](C(=O)Nc2ccc(I)cc2C)Oc2ccccc21. The van der Waals surface area contributed by atoms with E-state index in [1.54, 1.807) is 31.2 Å². The lowest BCUT2D eigenvalue weighted by atomic mass is 10.2. The van der Waals surface area contributed by atoms with E-state index in [2.05, 4.69) is 27.9 Å². The number of anilines is 2. The minimum absolute atomic E-state index is 0.0497. The Kier molecular flexibility index (Phi) is 5.42. The monoisotopic (exact) mass is 486 g/mol. The molecule has 1 N–H and O–H groups in total. The van der Waals surface area contributed by atoms with Crippen LogP contribution < -0.4 is 14.4 Å². The molecule has 1 aliphatic heterocycles. The highest BCUT2D eigenvalue weighted by molar-refractivity contribution is 14.1. The molecule has 1 atom stereocenters. The Morgan fingerprint density at radius 3 is 2.73 bits per heavy atom. The number of amides is 1. The van der Waals surface area contributed by atoms with Crippen LogP contribution >= 0.6 is 22.6 Å². The number of nitrogens with one attached hydrogen (secondary N) is 1. The van der Waals surface area contributed by atoms with E-state index in [1.807, 2.05) is 25.1 Å². The summed E-state index contributed by atoms with van der Waals surface area (Å²) in [4.78, 5) is 12.7. The van der Waals surface area contributed by atoms with Crippen LogP contribution in [0.4, 0.5) is 11.4 Å². The van der Waals surface area contributed by atoms with Gasteiger partial charge in [-0.2, -0.15) is 0 Å². The van der Waals surface area contributed by atoms with E-state index in [4.69, 9.17) is 4.74 Å². The average Bonchev–Trinajstić information content (AvgIpc) is 2.63. The molecule has 1 amide bonds. The minimum atomic E-state index is -3.52. The van der Waals surface area contributed by atoms with Gasteiger partial charge in [-0.1, -0.05) is 12.1 Å². The van der Waals surface area contributed by atoms with Crippen LogP contribution in [0.1, 0.15) is 12.5 Å². The molecule has 3 rings (SSSR count). The van der Waals surface area contributed by atoms with Crippen molar-refractivity contribution in [1.29, 1.82) is 0 Å². The molecule has 138 valence electrons. The molecular weight excluding hydrogens is 467 g/mol. The first kappa shape index (κ1) is 19.0. The van der Waals surface area contributed by atoms with Crippen molar-refractivity contribution in [3.05, 3.63) is 51.6 Å². The van der Waals surface area contributed by atoms with Gasteiger partial charge in [-0.25, -0.2) is 8.42 Å². The van der Waals surface area contributed by atoms with Crippen molar-refractivity contribution in [3.63, 3.8) is 0 Å². The molecule has 26 heavy (non-hydrogen) atoms. The molecule has 0 saturated heterocycles. The van der Waals surface area contributed by atoms with Crippen molar-refractivity contribution < 1.29 is 17.9 Å². The minimum Gasteiger partial charge on any atom is -0.476 e. The first-order chi connectivity index (χ1) is 12.3. The maximum atomic E-state index is 12.7. The van der Waals surface area contributed by atoms with Crippen LogP contribution in [0, 0.1) is 10.5 Å². The maximum Gasteiger partial charge on any atom is 0.267 e. The Morgan fingerprint density at radius 1 is 1.31 bits per heavy atom. The van der Waals surface area contributed by atoms with Crippen LogP contribution in [0.15, 0.2) is 42.5 Å². The van der Waals surface area contributed by atoms with Crippen LogP contribution in [-0.4, -0.2) is 32.7 Å². The van der Waals surface area contributed by atoms with Crippen molar-refractivity contribution in [3.8, 4) is 5.75 Å². The number of rotatable bonds is 4. The number of ether oxygens (including phenoxy) is 1. The molecule has 0 spiro atoms. The van der Waals surface area contributed by atoms with Gasteiger partial charge in [0.2, 0.25) is 10.0 Å². The van der Waals surface area contributed by atoms with Gasteiger partial charge in [0.15, 0.2) is 6.10 Å². The molecule has 8 heteroatoms. The maximum absolute atomic E-state index is 12.7. The normalized spacial score (nSPS) is 16.6. The van der Waals surface area contributed by atoms with E-state index >= 15 is 0 Å². The molecule has 0 bridgehead atoms. The number of nitrogens with zero attached hydrogens (tertiary/aromatic N) is 1. The number of halogens is 1. The highest BCUT2D eigenvalue weighted by atomic mass is 127. The number of fused-ring (bicyclic) bond motifs is 1. The van der Waals surface area contributed by atoms with Crippen molar-refractivity contribution in [2.24, 2.45) is 0 Å². The van der Waals surface area contributed by atoms with E-state index in [1.165, 1.54) is 4.31 Å². The standard InChI is InChI=1S/C18H19IN2O4S/c1-3-26(23,24)21-11-17(25-16-7-5-4-6-15(16)21)18(22)20-14-9-8-13(19)10-12(14)2/h4-10,17H,3,11H2,1-2H3,(H,20,22)/t17-/m0/s1. The average molecular weight is 486 g/mol. The van der Waals surface area contributed by atoms with Crippen molar-refractivity contribution in [2.75, 3.05) is 21.9 Å². The van der Waals surface area contributed by atoms with E-state index in [9.17, 15) is 13.2 Å². The summed E-state index contributed by atoms with van der Waals surface area (Å²) in [7, 11) is -3.52. The van der Waals surface area contributed by atoms with Gasteiger partial charge in [-0.05, 0) is 72.3 Å². The third kappa shape index (κ3) is 3.80. The zero-order chi connectivity index (χ0) is 18.9. The van der Waals surface area contributed by atoms with Gasteiger partial charge >= 0.3 is 0 Å². The molecule has 0 saturated carbocycles. The predicted molar refractivity (Wildman–Crippen MR) is 110 cm³/mol. The van der Waals surface area contributed by atoms with E-state index < -0.39 is 16.1 Å². The van der Waals surface area contributed by atoms with Crippen LogP contribution in [0.3, 0.4) is 0 Å². The van der Waals surface area contributed by atoms with Gasteiger partial charge in [-0.3, -0.25) is 9.10 Å². The molecule has 2 aromatic carbocycles. The molecule has 1 heterocycles. The zero-order valence-corrected chi connectivity index (χ0v) is 17.4. The number of hydrogen-bond acceptors (Lipinski definition) is 4. The third-order valence-electron chi connectivity index (χ3n) is 4.17. The number of para-hydroxylation sites is 2. The Morgan fingerprint density at radius 2 is 2.04 bits per heavy atom. The summed E-state index contributed by atoms with van der Waals surface area (Å²) in [5.74, 6) is -0.0401. The molecule has 6 nitrogen and oxygen atoms in total. The summed E-state index contributed by atoms with van der Waals surface area (Å²) < 4.78 is 33.1. The summed E-state index contributed by atoms with van der Waals surface area (Å²) in [5, 5.41) is 2.84. The number of carbonyl (C=O) groups is 1. The highest BCUT2D eigenvalue weighted by Gasteiger charge is 2.36. The lowest BCUT2D eigenvalue weighted by molar-refractivity contribution is -0.122. The largest absolute Gasteiger partial charge is 0.476 e. The van der Waals surface area contributed by atoms with Crippen LogP contribution in [0.25, 0.3) is 0 Å². The zero-order valence-electron chi connectivity index (χ0n) is 14.4. The highest BCUT2D eigenvalue weighted by Crippen LogP contribution is 2.35. The first-order valence-corrected chi connectivity index (χ1v) is 10.8. The number of carbonyl (C=O) groups excluding carboxylic acids is 1. The topological polar surface area (TPSA) is 75.7 Å². The van der Waals surface area contributed by atoms with E-state index in [-0.39, 0.29) is 18.2 Å². The van der Waals surface area contributed by atoms with Gasteiger partial charge in [0, 0.05) is 9.26 Å². The second kappa shape index (κ2) is 7.43. The quantitative estimate of drug-likeness (QED) is 0.674. The Bertz CT molecular complexity index is 946. The molecule has 0 aromatic heterocycles. The Hall–Kier alpha value is -1.81. The lowest BCUT2D eigenvalue weighted by Crippen LogP contribution is -2.49. The van der Waals surface area contributed by atoms with Crippen LogP contribution in [0.5, 0.6) is 5.75 Å².